The first-order valence-corrected chi connectivity index (χ1v) is 12.7. The maximum Gasteiger partial charge on any atom is 0.272 e. The number of ether oxygens (including phenoxy) is 2. The number of hydrogen-bond acceptors (Lipinski definition) is 7. The van der Waals surface area contributed by atoms with Crippen LogP contribution in [0.25, 0.3) is 16.2 Å². The predicted molar refractivity (Wildman–Crippen MR) is 138 cm³/mol. The van der Waals surface area contributed by atoms with Crippen molar-refractivity contribution in [2.75, 3.05) is 31.8 Å². The summed E-state index contributed by atoms with van der Waals surface area (Å²) in [4.78, 5) is 32.4. The minimum Gasteiger partial charge on any atom is -0.489 e. The van der Waals surface area contributed by atoms with E-state index in [4.69, 9.17) is 9.47 Å². The summed E-state index contributed by atoms with van der Waals surface area (Å²) in [6.07, 6.45) is 1.44. The van der Waals surface area contributed by atoms with Gasteiger partial charge < -0.3 is 24.8 Å². The minimum absolute atomic E-state index is 0.0262. The number of hydrogen-bond donors (Lipinski definition) is 2. The quantitative estimate of drug-likeness (QED) is 0.380. The monoisotopic (exact) mass is 550 g/mol. The van der Waals surface area contributed by atoms with E-state index in [-0.39, 0.29) is 31.1 Å². The van der Waals surface area contributed by atoms with Gasteiger partial charge in [-0.1, -0.05) is 11.8 Å². The molecule has 0 saturated carbocycles. The largest absolute Gasteiger partial charge is 0.489 e. The molecule has 2 aliphatic heterocycles. The van der Waals surface area contributed by atoms with Crippen molar-refractivity contribution in [3.05, 3.63) is 70.9 Å². The Morgan fingerprint density at radius 2 is 2.08 bits per heavy atom. The summed E-state index contributed by atoms with van der Waals surface area (Å²) in [7, 11) is 1.57. The lowest BCUT2D eigenvalue weighted by Crippen LogP contribution is -2.49. The van der Waals surface area contributed by atoms with Gasteiger partial charge in [-0.2, -0.15) is 0 Å². The molecule has 0 radical (unpaired) electrons. The molecule has 12 heteroatoms. The van der Waals surface area contributed by atoms with E-state index in [0.717, 1.165) is 12.1 Å². The van der Waals surface area contributed by atoms with Crippen molar-refractivity contribution in [1.82, 2.24) is 14.7 Å². The lowest BCUT2D eigenvalue weighted by atomic mass is 10.0. The van der Waals surface area contributed by atoms with Gasteiger partial charge in [-0.25, -0.2) is 13.8 Å². The molecule has 0 aliphatic carbocycles. The first-order valence-electron chi connectivity index (χ1n) is 11.8. The van der Waals surface area contributed by atoms with Crippen molar-refractivity contribution < 1.29 is 33.0 Å². The Labute approximate surface area is 224 Å². The number of rotatable bonds is 3. The van der Waals surface area contributed by atoms with Gasteiger partial charge in [0.05, 0.1) is 24.6 Å². The van der Waals surface area contributed by atoms with Gasteiger partial charge >= 0.3 is 0 Å². The molecule has 2 aromatic carbocycles. The lowest BCUT2D eigenvalue weighted by molar-refractivity contribution is -0.140. The third-order valence-corrected chi connectivity index (χ3v) is 7.27. The highest BCUT2D eigenvalue weighted by Crippen LogP contribution is 2.32. The molecule has 39 heavy (non-hydrogen) atoms. The molecule has 1 fully saturated rings. The Balaban J connectivity index is 1.20. The molecule has 9 nitrogen and oxygen atoms in total. The Morgan fingerprint density at radius 1 is 1.26 bits per heavy atom. The van der Waals surface area contributed by atoms with Crippen molar-refractivity contribution in [3.8, 4) is 28.8 Å². The molecular weight excluding hydrogens is 530 g/mol. The number of halogens is 2. The fourth-order valence-electron chi connectivity index (χ4n) is 4.25. The number of nitrogens with zero attached hydrogens (tertiary/aromatic N) is 3. The standard InChI is InChI=1S/C27H20F2N4O5S/c1-32-21-8-15(6-7-27(36)13-37-14-27)2-5-23(21)38-11-20(25(32)35)30-24(34)19-10-33-22(12-39-26(33)31-19)17-4-3-16(28)9-18(17)29/h2-5,8-10,12,20,36H,11,13-14H2,1H3,(H,30,34)/t20-/m0/s1. The number of likely N-dealkylation sites (N-methyl/N-ethyl adjacent to an activating group) is 1. The molecule has 2 aromatic heterocycles. The van der Waals surface area contributed by atoms with Crippen molar-refractivity contribution in [2.24, 2.45) is 0 Å². The first-order chi connectivity index (χ1) is 18.7. The van der Waals surface area contributed by atoms with Crippen LogP contribution in [0.2, 0.25) is 0 Å². The molecule has 2 amide bonds. The van der Waals surface area contributed by atoms with Crippen LogP contribution in [0.4, 0.5) is 14.5 Å². The molecule has 0 spiro atoms. The minimum atomic E-state index is -1.17. The zero-order valence-corrected chi connectivity index (χ0v) is 21.2. The summed E-state index contributed by atoms with van der Waals surface area (Å²) in [5, 5.41) is 14.5. The molecule has 4 aromatic rings. The van der Waals surface area contributed by atoms with Gasteiger partial charge in [0.25, 0.3) is 11.8 Å². The van der Waals surface area contributed by atoms with E-state index < -0.39 is 35.1 Å². The van der Waals surface area contributed by atoms with Crippen molar-refractivity contribution in [2.45, 2.75) is 11.6 Å². The zero-order chi connectivity index (χ0) is 27.3. The highest BCUT2D eigenvalue weighted by atomic mass is 32.1. The van der Waals surface area contributed by atoms with Crippen LogP contribution in [0.3, 0.4) is 0 Å². The summed E-state index contributed by atoms with van der Waals surface area (Å²) in [5.74, 6) is 3.66. The average molecular weight is 551 g/mol. The van der Waals surface area contributed by atoms with Crippen LogP contribution in [-0.2, 0) is 9.53 Å². The van der Waals surface area contributed by atoms with Crippen LogP contribution in [0.5, 0.6) is 5.75 Å². The molecule has 2 aliphatic rings. The van der Waals surface area contributed by atoms with Gasteiger partial charge in [-0.15, -0.1) is 11.3 Å². The van der Waals surface area contributed by atoms with E-state index in [1.165, 1.54) is 32.9 Å². The van der Waals surface area contributed by atoms with E-state index in [0.29, 0.717) is 27.7 Å². The normalized spacial score (nSPS) is 17.9. The third-order valence-electron chi connectivity index (χ3n) is 6.43. The maximum atomic E-state index is 14.4. The van der Waals surface area contributed by atoms with E-state index >= 15 is 0 Å². The number of aliphatic hydroxyl groups is 1. The number of fused-ring (bicyclic) bond motifs is 2. The number of benzene rings is 2. The van der Waals surface area contributed by atoms with E-state index in [9.17, 15) is 23.5 Å². The third kappa shape index (κ3) is 4.61. The highest BCUT2D eigenvalue weighted by Gasteiger charge is 2.34. The van der Waals surface area contributed by atoms with Crippen molar-refractivity contribution >= 4 is 33.8 Å². The van der Waals surface area contributed by atoms with E-state index in [1.54, 1.807) is 30.6 Å². The number of carbonyl (C=O) groups excluding carboxylic acids is 2. The summed E-state index contributed by atoms with van der Waals surface area (Å²) in [6, 6.07) is 7.32. The van der Waals surface area contributed by atoms with Crippen LogP contribution in [0.15, 0.2) is 48.0 Å². The Hall–Kier alpha value is -4.31. The Bertz CT molecular complexity index is 1700. The van der Waals surface area contributed by atoms with Crippen molar-refractivity contribution in [3.63, 3.8) is 0 Å². The van der Waals surface area contributed by atoms with Gasteiger partial charge in [-0.05, 0) is 30.3 Å². The summed E-state index contributed by atoms with van der Waals surface area (Å²) in [5.41, 5.74) is 0.478. The zero-order valence-electron chi connectivity index (χ0n) is 20.4. The fourth-order valence-corrected chi connectivity index (χ4v) is 5.13. The van der Waals surface area contributed by atoms with Crippen LogP contribution in [-0.4, -0.2) is 64.8 Å². The number of imidazole rings is 1. The number of thiazole rings is 1. The molecule has 4 heterocycles. The van der Waals surface area contributed by atoms with Crippen LogP contribution in [0.1, 0.15) is 16.1 Å². The number of anilines is 1. The second kappa shape index (κ2) is 9.46. The van der Waals surface area contributed by atoms with Crippen LogP contribution < -0.4 is 15.0 Å². The van der Waals surface area contributed by atoms with Crippen molar-refractivity contribution in [1.29, 1.82) is 0 Å². The first kappa shape index (κ1) is 25.0. The topological polar surface area (TPSA) is 105 Å². The molecule has 1 atom stereocenters. The average Bonchev–Trinajstić information content (AvgIpc) is 3.47. The second-order valence-corrected chi connectivity index (χ2v) is 10.1. The summed E-state index contributed by atoms with van der Waals surface area (Å²) >= 11 is 1.19. The number of amides is 2. The highest BCUT2D eigenvalue weighted by molar-refractivity contribution is 7.15. The van der Waals surface area contributed by atoms with Gasteiger partial charge in [0.1, 0.15) is 35.7 Å². The molecular formula is C27H20F2N4O5S. The molecule has 6 rings (SSSR count). The summed E-state index contributed by atoms with van der Waals surface area (Å²) in [6.45, 7) is 0.179. The molecule has 198 valence electrons. The van der Waals surface area contributed by atoms with E-state index in [1.807, 2.05) is 0 Å². The SMILES string of the molecule is CN1C(=O)[C@@H](NC(=O)c2cn3c(-c4ccc(F)cc4F)csc3n2)COc2ccc(C#CC3(O)COC3)cc21. The molecule has 0 bridgehead atoms. The summed E-state index contributed by atoms with van der Waals surface area (Å²) < 4.78 is 40.1. The Kier molecular flexibility index (Phi) is 6.06. The predicted octanol–water partition coefficient (Wildman–Crippen LogP) is 2.61. The second-order valence-electron chi connectivity index (χ2n) is 9.22. The fraction of sp³-hybridized carbons (Fsp3) is 0.222. The van der Waals surface area contributed by atoms with Crippen LogP contribution >= 0.6 is 11.3 Å². The molecule has 1 saturated heterocycles. The number of aromatic nitrogens is 2. The maximum absolute atomic E-state index is 14.4. The number of nitrogens with one attached hydrogen (secondary N) is 1. The lowest BCUT2D eigenvalue weighted by Gasteiger charge is -2.30. The van der Waals surface area contributed by atoms with Gasteiger partial charge in [-0.3, -0.25) is 14.0 Å². The molecule has 2 N–H and O–H groups in total. The molecule has 0 unspecified atom stereocenters. The smallest absolute Gasteiger partial charge is 0.272 e. The number of carbonyl (C=O) groups is 2. The van der Waals surface area contributed by atoms with Gasteiger partial charge in [0.15, 0.2) is 10.6 Å². The van der Waals surface area contributed by atoms with Gasteiger partial charge in [0.2, 0.25) is 0 Å². The van der Waals surface area contributed by atoms with E-state index in [2.05, 4.69) is 22.1 Å². The van der Waals surface area contributed by atoms with Gasteiger partial charge in [0, 0.05) is 35.8 Å². The van der Waals surface area contributed by atoms with Crippen LogP contribution in [0, 0.1) is 23.5 Å². The Morgan fingerprint density at radius 3 is 2.82 bits per heavy atom.